The Labute approximate surface area is 180 Å². The summed E-state index contributed by atoms with van der Waals surface area (Å²) in [6.07, 6.45) is 1.90. The summed E-state index contributed by atoms with van der Waals surface area (Å²) in [7, 11) is -1.71. The summed E-state index contributed by atoms with van der Waals surface area (Å²) < 4.78 is 4.74. The maximum atomic E-state index is 5.16. The quantitative estimate of drug-likeness (QED) is 0.189. The number of hydrogen-bond donors (Lipinski definition) is 0. The Morgan fingerprint density at radius 3 is 2.52 bits per heavy atom. The third kappa shape index (κ3) is 2.04. The van der Waals surface area contributed by atoms with Gasteiger partial charge in [0.1, 0.15) is 25.0 Å². The van der Waals surface area contributed by atoms with Crippen molar-refractivity contribution in [1.29, 1.82) is 0 Å². The lowest BCUT2D eigenvalue weighted by Crippen LogP contribution is -2.40. The van der Waals surface area contributed by atoms with Crippen molar-refractivity contribution >= 4 is 68.3 Å². The van der Waals surface area contributed by atoms with Gasteiger partial charge in [-0.1, -0.05) is 61.6 Å². The standard InChI is InChI=1S/C26H22N4Si/c1-15-9-10-17-16(13-15)14-19-23-22(17)18-7-5-6-8-20(18)29(23)26-25(31(2,3)4)28-21-11-12-27-24(19)30(21)26/h5-14H,1-4H3. The molecule has 0 saturated heterocycles. The van der Waals surface area contributed by atoms with Crippen LogP contribution in [0, 0.1) is 6.92 Å². The Bertz CT molecular complexity index is 1830. The highest BCUT2D eigenvalue weighted by atomic mass is 28.3. The fraction of sp³-hybridized carbons (Fsp3) is 0.154. The maximum absolute atomic E-state index is 5.16. The highest BCUT2D eigenvalue weighted by Gasteiger charge is 2.29. The van der Waals surface area contributed by atoms with Gasteiger partial charge in [0.05, 0.1) is 16.4 Å². The Morgan fingerprint density at radius 2 is 1.68 bits per heavy atom. The van der Waals surface area contributed by atoms with Crippen LogP contribution in [0.3, 0.4) is 0 Å². The van der Waals surface area contributed by atoms with E-state index in [9.17, 15) is 0 Å². The molecule has 7 rings (SSSR count). The summed E-state index contributed by atoms with van der Waals surface area (Å²) in [5.41, 5.74) is 6.93. The topological polar surface area (TPSA) is 34.6 Å². The minimum atomic E-state index is -1.71. The second-order valence-corrected chi connectivity index (χ2v) is 14.7. The summed E-state index contributed by atoms with van der Waals surface area (Å²) in [5, 5.41) is 7.58. The summed E-state index contributed by atoms with van der Waals surface area (Å²) in [5.74, 6) is 0. The van der Waals surface area contributed by atoms with Crippen LogP contribution in [0.25, 0.3) is 54.9 Å². The summed E-state index contributed by atoms with van der Waals surface area (Å²) >= 11 is 0. The van der Waals surface area contributed by atoms with Crippen LogP contribution >= 0.6 is 0 Å². The maximum Gasteiger partial charge on any atom is 0.149 e. The van der Waals surface area contributed by atoms with Crippen LogP contribution in [0.15, 0.2) is 60.8 Å². The van der Waals surface area contributed by atoms with Crippen molar-refractivity contribution in [2.24, 2.45) is 0 Å². The lowest BCUT2D eigenvalue weighted by molar-refractivity contribution is 1.15. The number of rotatable bonds is 1. The molecular formula is C26H22N4Si. The minimum Gasteiger partial charge on any atom is -0.293 e. The number of para-hydroxylation sites is 1. The fourth-order valence-corrected chi connectivity index (χ4v) is 6.64. The van der Waals surface area contributed by atoms with Gasteiger partial charge in [0.25, 0.3) is 0 Å². The van der Waals surface area contributed by atoms with E-state index in [4.69, 9.17) is 9.97 Å². The Hall–Kier alpha value is -3.44. The second-order valence-electron chi connectivity index (χ2n) is 9.72. The first kappa shape index (κ1) is 17.3. The molecule has 4 aromatic heterocycles. The molecule has 4 heterocycles. The molecule has 0 saturated carbocycles. The average Bonchev–Trinajstić information content (AvgIpc) is 3.29. The van der Waals surface area contributed by atoms with E-state index in [2.05, 4.69) is 83.9 Å². The van der Waals surface area contributed by atoms with Crippen LogP contribution in [-0.2, 0) is 0 Å². The Balaban J connectivity index is 1.95. The van der Waals surface area contributed by atoms with Crippen molar-refractivity contribution in [2.45, 2.75) is 26.6 Å². The van der Waals surface area contributed by atoms with Crippen molar-refractivity contribution in [1.82, 2.24) is 18.8 Å². The molecule has 0 aliphatic carbocycles. The van der Waals surface area contributed by atoms with Gasteiger partial charge in [0.2, 0.25) is 0 Å². The normalized spacial score (nSPS) is 13.2. The number of nitrogens with zero attached hydrogens (tertiary/aromatic N) is 4. The fourth-order valence-electron chi connectivity index (χ4n) is 5.29. The van der Waals surface area contributed by atoms with E-state index in [1.54, 1.807) is 0 Å². The number of benzene rings is 3. The number of aromatic nitrogens is 4. The lowest BCUT2D eigenvalue weighted by atomic mass is 10.00. The van der Waals surface area contributed by atoms with Crippen molar-refractivity contribution in [2.75, 3.05) is 0 Å². The number of imidazole rings is 1. The predicted octanol–water partition coefficient (Wildman–Crippen LogP) is 5.89. The van der Waals surface area contributed by atoms with E-state index in [0.717, 1.165) is 11.3 Å². The van der Waals surface area contributed by atoms with Gasteiger partial charge in [0, 0.05) is 22.4 Å². The van der Waals surface area contributed by atoms with Gasteiger partial charge in [-0.3, -0.25) is 8.80 Å². The first-order chi connectivity index (χ1) is 14.9. The van der Waals surface area contributed by atoms with Crippen LogP contribution in [0.1, 0.15) is 5.56 Å². The molecule has 0 aliphatic rings. The number of hydrogen-bond acceptors (Lipinski definition) is 2. The van der Waals surface area contributed by atoms with E-state index < -0.39 is 8.07 Å². The molecule has 150 valence electrons. The zero-order chi connectivity index (χ0) is 21.1. The Morgan fingerprint density at radius 1 is 0.839 bits per heavy atom. The molecule has 0 spiro atoms. The first-order valence-corrected chi connectivity index (χ1v) is 14.3. The largest absolute Gasteiger partial charge is 0.293 e. The molecule has 0 amide bonds. The molecular weight excluding hydrogens is 396 g/mol. The van der Waals surface area contributed by atoms with Crippen LogP contribution in [0.4, 0.5) is 0 Å². The van der Waals surface area contributed by atoms with Crippen molar-refractivity contribution in [3.63, 3.8) is 0 Å². The van der Waals surface area contributed by atoms with Crippen molar-refractivity contribution in [3.05, 3.63) is 66.4 Å². The van der Waals surface area contributed by atoms with Crippen LogP contribution in [-0.4, -0.2) is 26.8 Å². The van der Waals surface area contributed by atoms with E-state index in [1.165, 1.54) is 54.5 Å². The van der Waals surface area contributed by atoms with Gasteiger partial charge in [-0.05, 0) is 35.9 Å². The van der Waals surface area contributed by atoms with E-state index in [1.807, 2.05) is 12.3 Å². The minimum absolute atomic E-state index is 0.985. The smallest absolute Gasteiger partial charge is 0.149 e. The number of aryl methyl sites for hydroxylation is 1. The molecule has 0 fully saturated rings. The molecule has 3 aromatic carbocycles. The molecule has 5 heteroatoms. The zero-order valence-corrected chi connectivity index (χ0v) is 19.1. The first-order valence-electron chi connectivity index (χ1n) is 10.8. The molecule has 0 unspecified atom stereocenters. The highest BCUT2D eigenvalue weighted by Crippen LogP contribution is 2.40. The summed E-state index contributed by atoms with van der Waals surface area (Å²) in [6, 6.07) is 19.9. The summed E-state index contributed by atoms with van der Waals surface area (Å²) in [4.78, 5) is 10.0. The molecule has 7 aromatic rings. The molecule has 0 radical (unpaired) electrons. The van der Waals surface area contributed by atoms with E-state index in [-0.39, 0.29) is 0 Å². The average molecular weight is 419 g/mol. The summed E-state index contributed by atoms with van der Waals surface area (Å²) in [6.45, 7) is 9.28. The van der Waals surface area contributed by atoms with Gasteiger partial charge in [0.15, 0.2) is 0 Å². The van der Waals surface area contributed by atoms with Gasteiger partial charge in [-0.25, -0.2) is 9.97 Å². The van der Waals surface area contributed by atoms with E-state index in [0.29, 0.717) is 0 Å². The van der Waals surface area contributed by atoms with Crippen molar-refractivity contribution in [3.8, 4) is 0 Å². The molecule has 4 nitrogen and oxygen atoms in total. The molecule has 0 aliphatic heterocycles. The lowest BCUT2D eigenvalue weighted by Gasteiger charge is -2.16. The molecule has 0 atom stereocenters. The monoisotopic (exact) mass is 418 g/mol. The second kappa shape index (κ2) is 5.42. The zero-order valence-electron chi connectivity index (χ0n) is 18.1. The third-order valence-electron chi connectivity index (χ3n) is 6.58. The van der Waals surface area contributed by atoms with Crippen LogP contribution in [0.2, 0.25) is 19.6 Å². The van der Waals surface area contributed by atoms with Gasteiger partial charge in [-0.2, -0.15) is 0 Å². The van der Waals surface area contributed by atoms with Gasteiger partial charge >= 0.3 is 0 Å². The van der Waals surface area contributed by atoms with Crippen LogP contribution < -0.4 is 5.32 Å². The van der Waals surface area contributed by atoms with Gasteiger partial charge < -0.3 is 0 Å². The Kier molecular flexibility index (Phi) is 3.02. The van der Waals surface area contributed by atoms with Crippen LogP contribution in [0.5, 0.6) is 0 Å². The molecule has 0 bridgehead atoms. The highest BCUT2D eigenvalue weighted by molar-refractivity contribution is 6.89. The third-order valence-corrected chi connectivity index (χ3v) is 8.34. The number of fused-ring (bicyclic) bond motifs is 7. The SMILES string of the molecule is Cc1ccc2c(c1)cc1c3nccc4nc([Si](C)(C)C)c(n43)n3c4ccccc4c2c13. The molecule has 0 N–H and O–H groups in total. The predicted molar refractivity (Wildman–Crippen MR) is 133 cm³/mol. The molecule has 31 heavy (non-hydrogen) atoms. The van der Waals surface area contributed by atoms with E-state index >= 15 is 0 Å². The van der Waals surface area contributed by atoms with Crippen molar-refractivity contribution < 1.29 is 0 Å². The van der Waals surface area contributed by atoms with Gasteiger partial charge in [-0.15, -0.1) is 0 Å².